The van der Waals surface area contributed by atoms with E-state index in [0.29, 0.717) is 6.54 Å². The third-order valence-corrected chi connectivity index (χ3v) is 6.17. The largest absolute Gasteiger partial charge is 0.388 e. The third-order valence-electron chi connectivity index (χ3n) is 5.10. The molecule has 0 aliphatic carbocycles. The molecule has 1 aliphatic rings. The second-order valence-electron chi connectivity index (χ2n) is 7.11. The number of para-hydroxylation sites is 1. The molecule has 1 saturated heterocycles. The van der Waals surface area contributed by atoms with E-state index in [-0.39, 0.29) is 11.8 Å². The smallest absolute Gasteiger partial charge is 0.238 e. The number of aliphatic hydroxyl groups is 1. The molecule has 1 atom stereocenters. The lowest BCUT2D eigenvalue weighted by atomic mass is 9.87. The highest BCUT2D eigenvalue weighted by atomic mass is 32.2. The number of nitrogens with one attached hydrogen (secondary N) is 1. The van der Waals surface area contributed by atoms with Crippen LogP contribution >= 0.6 is 11.8 Å². The average Bonchev–Trinajstić information content (AvgIpc) is 2.74. The molecule has 3 rings (SSSR count). The highest BCUT2D eigenvalue weighted by Crippen LogP contribution is 2.31. The molecule has 148 valence electrons. The normalized spacial score (nSPS) is 16.5. The SMILES string of the molecule is C=CCSc1ccccc1NC(=O)CN1CCC(C(O)c2ccccc2)CC1. The van der Waals surface area contributed by atoms with E-state index in [0.717, 1.165) is 47.8 Å². The van der Waals surface area contributed by atoms with Gasteiger partial charge in [0.25, 0.3) is 0 Å². The zero-order valence-corrected chi connectivity index (χ0v) is 16.9. The monoisotopic (exact) mass is 396 g/mol. The number of hydrogen-bond donors (Lipinski definition) is 2. The Morgan fingerprint density at radius 3 is 2.57 bits per heavy atom. The molecular formula is C23H28N2O2S. The van der Waals surface area contributed by atoms with Crippen molar-refractivity contribution < 1.29 is 9.90 Å². The van der Waals surface area contributed by atoms with Crippen LogP contribution in [0.15, 0.2) is 72.1 Å². The predicted octanol–water partition coefficient (Wildman–Crippen LogP) is 4.35. The van der Waals surface area contributed by atoms with Crippen LogP contribution in [0.4, 0.5) is 5.69 Å². The Hall–Kier alpha value is -2.08. The number of carbonyl (C=O) groups excluding carboxylic acids is 1. The van der Waals surface area contributed by atoms with Crippen molar-refractivity contribution >= 4 is 23.4 Å². The second kappa shape index (κ2) is 10.5. The van der Waals surface area contributed by atoms with Crippen molar-refractivity contribution in [2.24, 2.45) is 5.92 Å². The molecule has 1 fully saturated rings. The second-order valence-corrected chi connectivity index (χ2v) is 8.17. The van der Waals surface area contributed by atoms with Crippen LogP contribution in [0.1, 0.15) is 24.5 Å². The van der Waals surface area contributed by atoms with Gasteiger partial charge in [-0.05, 0) is 49.5 Å². The molecule has 0 spiro atoms. The molecule has 1 unspecified atom stereocenters. The molecule has 2 aromatic carbocycles. The summed E-state index contributed by atoms with van der Waals surface area (Å²) in [6.45, 7) is 5.79. The minimum absolute atomic E-state index is 0.00807. The first-order valence-corrected chi connectivity index (χ1v) is 10.7. The van der Waals surface area contributed by atoms with Gasteiger partial charge < -0.3 is 10.4 Å². The first-order valence-electron chi connectivity index (χ1n) is 9.75. The summed E-state index contributed by atoms with van der Waals surface area (Å²) in [4.78, 5) is 15.7. The minimum Gasteiger partial charge on any atom is -0.388 e. The highest BCUT2D eigenvalue weighted by Gasteiger charge is 2.27. The first-order chi connectivity index (χ1) is 13.7. The van der Waals surface area contributed by atoms with E-state index in [1.807, 2.05) is 60.7 Å². The molecule has 5 heteroatoms. The zero-order valence-electron chi connectivity index (χ0n) is 16.1. The van der Waals surface area contributed by atoms with Crippen molar-refractivity contribution in [3.05, 3.63) is 72.8 Å². The summed E-state index contributed by atoms with van der Waals surface area (Å²) in [5.41, 5.74) is 1.83. The zero-order chi connectivity index (χ0) is 19.8. The molecule has 0 bridgehead atoms. The fourth-order valence-corrected chi connectivity index (χ4v) is 4.33. The Kier molecular flexibility index (Phi) is 7.71. The van der Waals surface area contributed by atoms with Crippen LogP contribution in [-0.2, 0) is 4.79 Å². The number of amides is 1. The Morgan fingerprint density at radius 2 is 1.86 bits per heavy atom. The fraction of sp³-hybridized carbons (Fsp3) is 0.348. The van der Waals surface area contributed by atoms with Gasteiger partial charge in [0.05, 0.1) is 18.3 Å². The molecule has 4 nitrogen and oxygen atoms in total. The van der Waals surface area contributed by atoms with Gasteiger partial charge in [0.2, 0.25) is 5.91 Å². The Bertz CT molecular complexity index is 773. The number of anilines is 1. The molecule has 0 saturated carbocycles. The molecule has 28 heavy (non-hydrogen) atoms. The van der Waals surface area contributed by atoms with Crippen LogP contribution in [0.25, 0.3) is 0 Å². The molecular weight excluding hydrogens is 368 g/mol. The predicted molar refractivity (Wildman–Crippen MR) is 117 cm³/mol. The average molecular weight is 397 g/mol. The van der Waals surface area contributed by atoms with Crippen molar-refractivity contribution in [3.63, 3.8) is 0 Å². The van der Waals surface area contributed by atoms with E-state index in [2.05, 4.69) is 16.8 Å². The number of nitrogens with zero attached hydrogens (tertiary/aromatic N) is 1. The van der Waals surface area contributed by atoms with Gasteiger partial charge in [0, 0.05) is 10.6 Å². The van der Waals surface area contributed by atoms with E-state index in [4.69, 9.17) is 0 Å². The highest BCUT2D eigenvalue weighted by molar-refractivity contribution is 7.99. The third kappa shape index (κ3) is 5.71. The number of thioether (sulfide) groups is 1. The van der Waals surface area contributed by atoms with Crippen LogP contribution in [0.2, 0.25) is 0 Å². The van der Waals surface area contributed by atoms with E-state index in [1.54, 1.807) is 11.8 Å². The number of piperidine rings is 1. The van der Waals surface area contributed by atoms with Crippen LogP contribution < -0.4 is 5.32 Å². The minimum atomic E-state index is -0.425. The van der Waals surface area contributed by atoms with E-state index >= 15 is 0 Å². The van der Waals surface area contributed by atoms with Crippen molar-refractivity contribution in [2.75, 3.05) is 30.7 Å². The standard InChI is InChI=1S/C23H28N2O2S/c1-2-16-28-21-11-7-6-10-20(21)24-22(26)17-25-14-12-19(13-15-25)23(27)18-8-4-3-5-9-18/h2-11,19,23,27H,1,12-17H2,(H,24,26). The maximum Gasteiger partial charge on any atom is 0.238 e. The molecule has 2 aromatic rings. The Balaban J connectivity index is 1.48. The lowest BCUT2D eigenvalue weighted by Crippen LogP contribution is -2.40. The van der Waals surface area contributed by atoms with Crippen LogP contribution in [0.5, 0.6) is 0 Å². The van der Waals surface area contributed by atoms with E-state index in [9.17, 15) is 9.90 Å². The van der Waals surface area contributed by atoms with Crippen LogP contribution in [0, 0.1) is 5.92 Å². The van der Waals surface area contributed by atoms with Gasteiger partial charge in [0.15, 0.2) is 0 Å². The topological polar surface area (TPSA) is 52.6 Å². The van der Waals surface area contributed by atoms with Gasteiger partial charge in [0.1, 0.15) is 0 Å². The van der Waals surface area contributed by atoms with Gasteiger partial charge in [-0.25, -0.2) is 0 Å². The van der Waals surface area contributed by atoms with Crippen molar-refractivity contribution in [1.29, 1.82) is 0 Å². The fourth-order valence-electron chi connectivity index (χ4n) is 3.59. The lowest BCUT2D eigenvalue weighted by molar-refractivity contribution is -0.117. The van der Waals surface area contributed by atoms with Gasteiger partial charge in [-0.1, -0.05) is 48.5 Å². The molecule has 1 heterocycles. The summed E-state index contributed by atoms with van der Waals surface area (Å²) in [5.74, 6) is 1.07. The Labute approximate surface area is 171 Å². The van der Waals surface area contributed by atoms with Crippen molar-refractivity contribution in [3.8, 4) is 0 Å². The quantitative estimate of drug-likeness (QED) is 0.515. The summed E-state index contributed by atoms with van der Waals surface area (Å²) in [6.07, 6.45) is 3.23. The van der Waals surface area contributed by atoms with Crippen LogP contribution in [-0.4, -0.2) is 41.3 Å². The number of carbonyl (C=O) groups is 1. The molecule has 1 aliphatic heterocycles. The number of likely N-dealkylation sites (tertiary alicyclic amines) is 1. The molecule has 2 N–H and O–H groups in total. The van der Waals surface area contributed by atoms with Gasteiger partial charge >= 0.3 is 0 Å². The van der Waals surface area contributed by atoms with Gasteiger partial charge in [-0.15, -0.1) is 18.3 Å². The van der Waals surface area contributed by atoms with Crippen molar-refractivity contribution in [1.82, 2.24) is 4.90 Å². The summed E-state index contributed by atoms with van der Waals surface area (Å²) in [6, 6.07) is 17.7. The summed E-state index contributed by atoms with van der Waals surface area (Å²) >= 11 is 1.66. The number of hydrogen-bond acceptors (Lipinski definition) is 4. The summed E-state index contributed by atoms with van der Waals surface area (Å²) in [7, 11) is 0. The molecule has 0 aromatic heterocycles. The number of aliphatic hydroxyl groups excluding tert-OH is 1. The first kappa shape index (κ1) is 20.6. The maximum atomic E-state index is 12.5. The summed E-state index contributed by atoms with van der Waals surface area (Å²) in [5, 5.41) is 13.6. The number of benzene rings is 2. The van der Waals surface area contributed by atoms with Gasteiger partial charge in [-0.2, -0.15) is 0 Å². The lowest BCUT2D eigenvalue weighted by Gasteiger charge is -2.34. The maximum absolute atomic E-state index is 12.5. The van der Waals surface area contributed by atoms with Crippen LogP contribution in [0.3, 0.4) is 0 Å². The number of rotatable bonds is 8. The van der Waals surface area contributed by atoms with E-state index < -0.39 is 6.10 Å². The molecule has 1 amide bonds. The van der Waals surface area contributed by atoms with Crippen molar-refractivity contribution in [2.45, 2.75) is 23.8 Å². The van der Waals surface area contributed by atoms with E-state index in [1.165, 1.54) is 0 Å². The summed E-state index contributed by atoms with van der Waals surface area (Å²) < 4.78 is 0. The van der Waals surface area contributed by atoms with Gasteiger partial charge in [-0.3, -0.25) is 9.69 Å². The molecule has 0 radical (unpaired) electrons. The Morgan fingerprint density at radius 1 is 1.18 bits per heavy atom.